The fraction of sp³-hybridized carbons (Fsp3) is 0. The Morgan fingerprint density at radius 1 is 0.909 bits per heavy atom. The third kappa shape index (κ3) is 2.72. The highest BCUT2D eigenvalue weighted by Crippen LogP contribution is 2.26. The molecule has 2 aromatic carbocycles. The number of hydrogen-bond donors (Lipinski definition) is 2. The molecule has 0 saturated heterocycles. The summed E-state index contributed by atoms with van der Waals surface area (Å²) in [6.07, 6.45) is 0. The zero-order chi connectivity index (χ0) is 15.4. The molecule has 3 aromatic rings. The zero-order valence-electron chi connectivity index (χ0n) is 11.7. The van der Waals surface area contributed by atoms with E-state index in [0.717, 1.165) is 11.3 Å². The summed E-state index contributed by atoms with van der Waals surface area (Å²) >= 11 is 0. The molecule has 0 bridgehead atoms. The maximum atomic E-state index is 9.31. The molecule has 106 valence electrons. The number of anilines is 3. The molecule has 0 saturated carbocycles. The van der Waals surface area contributed by atoms with Crippen LogP contribution in [0.2, 0.25) is 0 Å². The molecular formula is C17H13N5. The van der Waals surface area contributed by atoms with Crippen molar-refractivity contribution in [1.29, 1.82) is 5.26 Å². The second-order valence-corrected chi connectivity index (χ2v) is 4.62. The van der Waals surface area contributed by atoms with E-state index in [-0.39, 0.29) is 11.4 Å². The van der Waals surface area contributed by atoms with Crippen LogP contribution in [0.4, 0.5) is 17.5 Å². The Morgan fingerprint density at radius 2 is 1.55 bits per heavy atom. The summed E-state index contributed by atoms with van der Waals surface area (Å²) in [6.45, 7) is 0. The SMILES string of the molecule is N#Cc1c(N)nc(Nc2ccccc2)nc1-c1ccccc1. The summed E-state index contributed by atoms with van der Waals surface area (Å²) in [5, 5.41) is 12.4. The van der Waals surface area contributed by atoms with Gasteiger partial charge in [0.25, 0.3) is 0 Å². The van der Waals surface area contributed by atoms with Gasteiger partial charge >= 0.3 is 0 Å². The first-order valence-electron chi connectivity index (χ1n) is 6.73. The molecule has 0 aliphatic carbocycles. The van der Waals surface area contributed by atoms with Gasteiger partial charge in [-0.1, -0.05) is 48.5 Å². The van der Waals surface area contributed by atoms with Crippen molar-refractivity contribution in [3.8, 4) is 17.3 Å². The first-order valence-corrected chi connectivity index (χ1v) is 6.73. The van der Waals surface area contributed by atoms with E-state index in [9.17, 15) is 5.26 Å². The van der Waals surface area contributed by atoms with Crippen molar-refractivity contribution in [3.05, 3.63) is 66.2 Å². The molecular weight excluding hydrogens is 274 g/mol. The van der Waals surface area contributed by atoms with E-state index >= 15 is 0 Å². The average molecular weight is 287 g/mol. The quantitative estimate of drug-likeness (QED) is 0.771. The Hall–Kier alpha value is -3.39. The van der Waals surface area contributed by atoms with Gasteiger partial charge in [-0.2, -0.15) is 10.2 Å². The van der Waals surface area contributed by atoms with Gasteiger partial charge in [-0.25, -0.2) is 4.98 Å². The molecule has 0 aliphatic rings. The van der Waals surface area contributed by atoms with E-state index in [1.54, 1.807) is 0 Å². The molecule has 0 unspecified atom stereocenters. The Labute approximate surface area is 128 Å². The van der Waals surface area contributed by atoms with Crippen LogP contribution in [0.1, 0.15) is 5.56 Å². The van der Waals surface area contributed by atoms with Crippen molar-refractivity contribution in [2.75, 3.05) is 11.1 Å². The number of nitriles is 1. The van der Waals surface area contributed by atoms with Gasteiger partial charge in [0.1, 0.15) is 17.5 Å². The fourth-order valence-electron chi connectivity index (χ4n) is 2.10. The van der Waals surface area contributed by atoms with Crippen molar-refractivity contribution >= 4 is 17.5 Å². The van der Waals surface area contributed by atoms with Crippen LogP contribution < -0.4 is 11.1 Å². The number of aromatic nitrogens is 2. The Bertz CT molecular complexity index is 823. The van der Waals surface area contributed by atoms with Crippen LogP contribution in [0.25, 0.3) is 11.3 Å². The number of nitrogens with one attached hydrogen (secondary N) is 1. The van der Waals surface area contributed by atoms with Gasteiger partial charge in [0, 0.05) is 11.3 Å². The molecule has 3 N–H and O–H groups in total. The molecule has 1 aromatic heterocycles. The molecule has 0 spiro atoms. The van der Waals surface area contributed by atoms with Crippen LogP contribution in [0, 0.1) is 11.3 Å². The second kappa shape index (κ2) is 5.94. The van der Waals surface area contributed by atoms with E-state index in [1.165, 1.54) is 0 Å². The van der Waals surface area contributed by atoms with E-state index in [0.29, 0.717) is 11.6 Å². The lowest BCUT2D eigenvalue weighted by Gasteiger charge is -2.10. The number of nitrogens with two attached hydrogens (primary N) is 1. The summed E-state index contributed by atoms with van der Waals surface area (Å²) in [7, 11) is 0. The molecule has 5 heteroatoms. The van der Waals surface area contributed by atoms with Crippen molar-refractivity contribution in [1.82, 2.24) is 9.97 Å². The highest BCUT2D eigenvalue weighted by Gasteiger charge is 2.14. The van der Waals surface area contributed by atoms with Gasteiger partial charge in [0.2, 0.25) is 5.95 Å². The Kier molecular flexibility index (Phi) is 3.67. The molecule has 0 aliphatic heterocycles. The number of benzene rings is 2. The van der Waals surface area contributed by atoms with Crippen molar-refractivity contribution in [2.45, 2.75) is 0 Å². The number of nitrogens with zero attached hydrogens (tertiary/aromatic N) is 3. The van der Waals surface area contributed by atoms with Gasteiger partial charge in [-0.3, -0.25) is 0 Å². The summed E-state index contributed by atoms with van der Waals surface area (Å²) in [5.41, 5.74) is 8.39. The first kappa shape index (κ1) is 13.6. The maximum Gasteiger partial charge on any atom is 0.229 e. The Balaban J connectivity index is 2.07. The normalized spacial score (nSPS) is 9.95. The smallest absolute Gasteiger partial charge is 0.229 e. The van der Waals surface area contributed by atoms with Gasteiger partial charge in [-0.05, 0) is 12.1 Å². The van der Waals surface area contributed by atoms with Crippen molar-refractivity contribution in [2.24, 2.45) is 0 Å². The van der Waals surface area contributed by atoms with Crippen LogP contribution in [-0.2, 0) is 0 Å². The van der Waals surface area contributed by atoms with Crippen molar-refractivity contribution < 1.29 is 0 Å². The standard InChI is InChI=1S/C17H13N5/c18-11-14-15(12-7-3-1-4-8-12)21-17(22-16(14)19)20-13-9-5-2-6-10-13/h1-10H,(H3,19,20,21,22). The Morgan fingerprint density at radius 3 is 2.18 bits per heavy atom. The minimum Gasteiger partial charge on any atom is -0.382 e. The van der Waals surface area contributed by atoms with E-state index in [2.05, 4.69) is 21.4 Å². The largest absolute Gasteiger partial charge is 0.382 e. The number of para-hydroxylation sites is 1. The minimum atomic E-state index is 0.162. The molecule has 3 rings (SSSR count). The van der Waals surface area contributed by atoms with E-state index in [4.69, 9.17) is 5.73 Å². The molecule has 0 radical (unpaired) electrons. The fourth-order valence-corrected chi connectivity index (χ4v) is 2.10. The van der Waals surface area contributed by atoms with Gasteiger partial charge in [0.05, 0.1) is 5.69 Å². The molecule has 1 heterocycles. The third-order valence-electron chi connectivity index (χ3n) is 3.13. The van der Waals surface area contributed by atoms with Crippen LogP contribution in [0.3, 0.4) is 0 Å². The van der Waals surface area contributed by atoms with E-state index < -0.39 is 0 Å². The summed E-state index contributed by atoms with van der Waals surface area (Å²) in [5.74, 6) is 0.524. The van der Waals surface area contributed by atoms with Crippen LogP contribution in [0.15, 0.2) is 60.7 Å². The second-order valence-electron chi connectivity index (χ2n) is 4.62. The molecule has 0 amide bonds. The highest BCUT2D eigenvalue weighted by atomic mass is 15.1. The lowest BCUT2D eigenvalue weighted by atomic mass is 10.1. The van der Waals surface area contributed by atoms with Crippen LogP contribution in [0.5, 0.6) is 0 Å². The summed E-state index contributed by atoms with van der Waals surface area (Å²) < 4.78 is 0. The molecule has 22 heavy (non-hydrogen) atoms. The van der Waals surface area contributed by atoms with Crippen molar-refractivity contribution in [3.63, 3.8) is 0 Å². The molecule has 5 nitrogen and oxygen atoms in total. The lowest BCUT2D eigenvalue weighted by Crippen LogP contribution is -2.05. The third-order valence-corrected chi connectivity index (χ3v) is 3.13. The number of nitrogen functional groups attached to an aromatic ring is 1. The number of hydrogen-bond acceptors (Lipinski definition) is 5. The van der Waals surface area contributed by atoms with Gasteiger partial charge in [-0.15, -0.1) is 0 Å². The van der Waals surface area contributed by atoms with Crippen LogP contribution in [-0.4, -0.2) is 9.97 Å². The van der Waals surface area contributed by atoms with E-state index in [1.807, 2.05) is 60.7 Å². The lowest BCUT2D eigenvalue weighted by molar-refractivity contribution is 1.16. The van der Waals surface area contributed by atoms with Crippen LogP contribution >= 0.6 is 0 Å². The highest BCUT2D eigenvalue weighted by molar-refractivity contribution is 5.74. The summed E-state index contributed by atoms with van der Waals surface area (Å²) in [6, 6.07) is 21.1. The van der Waals surface area contributed by atoms with Gasteiger partial charge < -0.3 is 11.1 Å². The molecule has 0 fully saturated rings. The molecule has 0 atom stereocenters. The number of rotatable bonds is 3. The maximum absolute atomic E-state index is 9.31. The first-order chi connectivity index (χ1) is 10.8. The predicted molar refractivity (Wildman–Crippen MR) is 86.3 cm³/mol. The summed E-state index contributed by atoms with van der Waals surface area (Å²) in [4.78, 5) is 8.60. The minimum absolute atomic E-state index is 0.162. The van der Waals surface area contributed by atoms with Gasteiger partial charge in [0.15, 0.2) is 0 Å². The average Bonchev–Trinajstić information content (AvgIpc) is 2.56. The zero-order valence-corrected chi connectivity index (χ0v) is 11.7. The predicted octanol–water partition coefficient (Wildman–Crippen LogP) is 3.34. The monoisotopic (exact) mass is 287 g/mol. The topological polar surface area (TPSA) is 87.6 Å².